The molecule has 18 heavy (non-hydrogen) atoms. The van der Waals surface area contributed by atoms with Crippen molar-refractivity contribution in [2.24, 2.45) is 0 Å². The van der Waals surface area contributed by atoms with Gasteiger partial charge in [0.25, 0.3) is 6.43 Å². The quantitative estimate of drug-likeness (QED) is 0.679. The number of nitrogens with zero attached hydrogens (tertiary/aromatic N) is 1. The Morgan fingerprint density at radius 3 is 2.39 bits per heavy atom. The van der Waals surface area contributed by atoms with Gasteiger partial charge in [0, 0.05) is 11.6 Å². The second-order valence-corrected chi connectivity index (χ2v) is 3.62. The molecule has 4 nitrogen and oxygen atoms in total. The zero-order chi connectivity index (χ0) is 14.1. The summed E-state index contributed by atoms with van der Waals surface area (Å²) in [6, 6.07) is 0.229. The lowest BCUT2D eigenvalue weighted by molar-refractivity contribution is -0.276. The summed E-state index contributed by atoms with van der Waals surface area (Å²) in [5, 5.41) is 8.65. The maximum absolute atomic E-state index is 12.5. The van der Waals surface area contributed by atoms with E-state index >= 15 is 0 Å². The van der Waals surface area contributed by atoms with E-state index in [1.165, 1.54) is 0 Å². The van der Waals surface area contributed by atoms with Gasteiger partial charge in [-0.3, -0.25) is 0 Å². The van der Waals surface area contributed by atoms with Gasteiger partial charge in [0.05, 0.1) is 0 Å². The highest BCUT2D eigenvalue weighted by Gasteiger charge is 2.33. The van der Waals surface area contributed by atoms with Crippen molar-refractivity contribution in [1.29, 1.82) is 0 Å². The monoisotopic (exact) mass is 335 g/mol. The molecule has 0 aliphatic heterocycles. The highest BCUT2D eigenvalue weighted by Crippen LogP contribution is 2.32. The number of rotatable bonds is 3. The molecule has 1 aromatic heterocycles. The van der Waals surface area contributed by atoms with Crippen LogP contribution in [0.25, 0.3) is 0 Å². The lowest BCUT2D eigenvalue weighted by Crippen LogP contribution is -2.19. The Morgan fingerprint density at radius 1 is 1.44 bits per heavy atom. The van der Waals surface area contributed by atoms with E-state index in [9.17, 15) is 26.7 Å². The maximum atomic E-state index is 12.5. The number of carboxylic acids is 1. The SMILES string of the molecule is O=C(O)c1c(C(F)F)cc(OC(F)(F)F)nc1Br. The molecule has 0 spiro atoms. The number of hydrogen-bond donors (Lipinski definition) is 1. The molecule has 0 fully saturated rings. The highest BCUT2D eigenvalue weighted by molar-refractivity contribution is 9.10. The van der Waals surface area contributed by atoms with Crippen molar-refractivity contribution in [1.82, 2.24) is 4.98 Å². The smallest absolute Gasteiger partial charge is 0.478 e. The standard InChI is InChI=1S/C8H3BrF5NO3/c9-5-4(7(16)17)2(6(10)11)1-3(15-5)18-8(12,13)14/h1,6H,(H,16,17). The van der Waals surface area contributed by atoms with E-state index in [0.717, 1.165) is 0 Å². The average Bonchev–Trinajstić information content (AvgIpc) is 2.12. The van der Waals surface area contributed by atoms with Crippen molar-refractivity contribution in [3.05, 3.63) is 21.8 Å². The second-order valence-electron chi connectivity index (χ2n) is 2.87. The number of halogens is 6. The third kappa shape index (κ3) is 3.52. The molecule has 0 bridgehead atoms. The van der Waals surface area contributed by atoms with Crippen molar-refractivity contribution in [3.63, 3.8) is 0 Å². The summed E-state index contributed by atoms with van der Waals surface area (Å²) in [6.07, 6.45) is -8.40. The van der Waals surface area contributed by atoms with Crippen LogP contribution in [0.3, 0.4) is 0 Å². The van der Waals surface area contributed by atoms with E-state index in [4.69, 9.17) is 5.11 Å². The van der Waals surface area contributed by atoms with Gasteiger partial charge in [-0.2, -0.15) is 0 Å². The summed E-state index contributed by atoms with van der Waals surface area (Å²) in [7, 11) is 0. The minimum atomic E-state index is -5.11. The van der Waals surface area contributed by atoms with Crippen LogP contribution >= 0.6 is 15.9 Å². The first kappa shape index (κ1) is 14.6. The molecule has 1 rings (SSSR count). The molecule has 10 heteroatoms. The van der Waals surface area contributed by atoms with Crippen molar-refractivity contribution in [2.45, 2.75) is 12.8 Å². The van der Waals surface area contributed by atoms with Gasteiger partial charge >= 0.3 is 12.3 Å². The van der Waals surface area contributed by atoms with Crippen LogP contribution in [0.2, 0.25) is 0 Å². The lowest BCUT2D eigenvalue weighted by Gasteiger charge is -2.12. The Hall–Kier alpha value is -1.45. The Balaban J connectivity index is 3.32. The molecule has 0 aliphatic rings. The molecule has 0 atom stereocenters. The Kier molecular flexibility index (Phi) is 4.09. The molecular formula is C8H3BrF5NO3. The van der Waals surface area contributed by atoms with Crippen LogP contribution in [0, 0.1) is 0 Å². The van der Waals surface area contributed by atoms with E-state index in [2.05, 4.69) is 25.7 Å². The van der Waals surface area contributed by atoms with E-state index in [-0.39, 0.29) is 6.07 Å². The summed E-state index contributed by atoms with van der Waals surface area (Å²) in [5.74, 6) is -2.92. The van der Waals surface area contributed by atoms with Crippen molar-refractivity contribution in [3.8, 4) is 5.88 Å². The van der Waals surface area contributed by atoms with Gasteiger partial charge in [-0.05, 0) is 15.9 Å². The predicted molar refractivity (Wildman–Crippen MR) is 50.5 cm³/mol. The van der Waals surface area contributed by atoms with E-state index in [1.54, 1.807) is 0 Å². The first-order valence-corrected chi connectivity index (χ1v) is 4.88. The molecular weight excluding hydrogens is 333 g/mol. The molecule has 0 aliphatic carbocycles. The number of hydrogen-bond acceptors (Lipinski definition) is 3. The van der Waals surface area contributed by atoms with Gasteiger partial charge in [-0.25, -0.2) is 18.6 Å². The van der Waals surface area contributed by atoms with Crippen LogP contribution in [0.4, 0.5) is 22.0 Å². The molecule has 1 N–H and O–H groups in total. The van der Waals surface area contributed by atoms with Crippen LogP contribution in [-0.4, -0.2) is 22.4 Å². The lowest BCUT2D eigenvalue weighted by atomic mass is 10.1. The summed E-state index contributed by atoms with van der Waals surface area (Å²) in [5.41, 5.74) is -2.04. The normalized spacial score (nSPS) is 11.7. The van der Waals surface area contributed by atoms with Gasteiger partial charge < -0.3 is 9.84 Å². The van der Waals surface area contributed by atoms with Crippen LogP contribution in [0.15, 0.2) is 10.7 Å². The average molecular weight is 336 g/mol. The fourth-order valence-corrected chi connectivity index (χ4v) is 1.64. The van der Waals surface area contributed by atoms with Crippen LogP contribution in [0.5, 0.6) is 5.88 Å². The van der Waals surface area contributed by atoms with E-state index in [1.807, 2.05) is 0 Å². The third-order valence-corrected chi connectivity index (χ3v) is 2.23. The number of carboxylic acid groups (broad SMARTS) is 1. The van der Waals surface area contributed by atoms with Gasteiger partial charge in [-0.1, -0.05) is 0 Å². The predicted octanol–water partition coefficient (Wildman–Crippen LogP) is 3.38. The van der Waals surface area contributed by atoms with E-state index < -0.39 is 40.4 Å². The number of alkyl halides is 5. The van der Waals surface area contributed by atoms with Crippen LogP contribution in [0.1, 0.15) is 22.3 Å². The highest BCUT2D eigenvalue weighted by atomic mass is 79.9. The van der Waals surface area contributed by atoms with Crippen molar-refractivity contribution in [2.75, 3.05) is 0 Å². The van der Waals surface area contributed by atoms with Gasteiger partial charge in [0.15, 0.2) is 0 Å². The van der Waals surface area contributed by atoms with Crippen molar-refractivity contribution >= 4 is 21.9 Å². The van der Waals surface area contributed by atoms with Crippen LogP contribution in [-0.2, 0) is 0 Å². The zero-order valence-electron chi connectivity index (χ0n) is 8.13. The topological polar surface area (TPSA) is 59.4 Å². The third-order valence-electron chi connectivity index (χ3n) is 1.65. The Labute approximate surface area is 105 Å². The second kappa shape index (κ2) is 5.04. The van der Waals surface area contributed by atoms with Gasteiger partial charge in [-0.15, -0.1) is 13.2 Å². The molecule has 0 radical (unpaired) electrons. The van der Waals surface area contributed by atoms with E-state index in [0.29, 0.717) is 0 Å². The minimum Gasteiger partial charge on any atom is -0.478 e. The summed E-state index contributed by atoms with van der Waals surface area (Å²) < 4.78 is 63.4. The number of aromatic carboxylic acids is 1. The maximum Gasteiger partial charge on any atom is 0.574 e. The largest absolute Gasteiger partial charge is 0.574 e. The van der Waals surface area contributed by atoms with Gasteiger partial charge in [0.1, 0.15) is 10.2 Å². The molecule has 1 heterocycles. The molecule has 0 amide bonds. The first-order valence-electron chi connectivity index (χ1n) is 4.09. The number of pyridine rings is 1. The number of carbonyl (C=O) groups is 1. The molecule has 0 saturated heterocycles. The van der Waals surface area contributed by atoms with Crippen LogP contribution < -0.4 is 4.74 Å². The fraction of sp³-hybridized carbons (Fsp3) is 0.250. The number of ether oxygens (including phenoxy) is 1. The first-order chi connectivity index (χ1) is 8.11. The van der Waals surface area contributed by atoms with Crippen molar-refractivity contribution < 1.29 is 36.6 Å². The molecule has 0 aromatic carbocycles. The summed E-state index contributed by atoms with van der Waals surface area (Å²) in [4.78, 5) is 13.8. The summed E-state index contributed by atoms with van der Waals surface area (Å²) >= 11 is 2.50. The zero-order valence-corrected chi connectivity index (χ0v) is 9.72. The summed E-state index contributed by atoms with van der Waals surface area (Å²) in [6.45, 7) is 0. The molecule has 1 aromatic rings. The molecule has 0 unspecified atom stereocenters. The number of aromatic nitrogens is 1. The Morgan fingerprint density at radius 2 is 2.00 bits per heavy atom. The fourth-order valence-electron chi connectivity index (χ4n) is 1.06. The molecule has 0 saturated carbocycles. The minimum absolute atomic E-state index is 0.229. The molecule has 100 valence electrons. The Bertz CT molecular complexity index is 477. The van der Waals surface area contributed by atoms with Gasteiger partial charge in [0.2, 0.25) is 5.88 Å².